The molecule has 0 heterocycles. The number of aliphatic imine (C=N–C) groups is 1. The fraction of sp³-hybridized carbons (Fsp3) is 0.278. The van der Waals surface area contributed by atoms with Crippen molar-refractivity contribution in [3.63, 3.8) is 0 Å². The van der Waals surface area contributed by atoms with Gasteiger partial charge in [-0.3, -0.25) is 4.99 Å². The standard InChI is InChI=1S/C18H21Cl2N3O2S.HI/c1-21-18(23(2)13-14-8-9-16(19)17(20)12-14)22-10-11-26(24,25)15-6-4-3-5-7-15;/h3-9,12H,10-11,13H2,1-2H3,(H,21,22);1H. The van der Waals surface area contributed by atoms with Gasteiger partial charge in [0.2, 0.25) is 0 Å². The fourth-order valence-electron chi connectivity index (χ4n) is 2.41. The number of nitrogens with zero attached hydrogens (tertiary/aromatic N) is 2. The fourth-order valence-corrected chi connectivity index (χ4v) is 3.91. The number of guanidine groups is 1. The molecule has 0 bridgehead atoms. The van der Waals surface area contributed by atoms with Gasteiger partial charge in [-0.2, -0.15) is 0 Å². The molecule has 1 N–H and O–H groups in total. The van der Waals surface area contributed by atoms with Gasteiger partial charge in [-0.1, -0.05) is 47.5 Å². The Morgan fingerprint density at radius 2 is 1.78 bits per heavy atom. The van der Waals surface area contributed by atoms with E-state index < -0.39 is 9.84 Å². The summed E-state index contributed by atoms with van der Waals surface area (Å²) in [6.07, 6.45) is 0. The second-order valence-electron chi connectivity index (χ2n) is 5.71. The van der Waals surface area contributed by atoms with Crippen molar-refractivity contribution in [2.45, 2.75) is 11.4 Å². The summed E-state index contributed by atoms with van der Waals surface area (Å²) in [4.78, 5) is 6.40. The molecule has 0 aliphatic rings. The molecule has 9 heteroatoms. The first kappa shape index (κ1) is 24.0. The minimum absolute atomic E-state index is 0. The van der Waals surface area contributed by atoms with Gasteiger partial charge < -0.3 is 10.2 Å². The molecule has 0 radical (unpaired) electrons. The predicted molar refractivity (Wildman–Crippen MR) is 123 cm³/mol. The maximum atomic E-state index is 12.3. The lowest BCUT2D eigenvalue weighted by Crippen LogP contribution is -2.40. The molecule has 0 fully saturated rings. The van der Waals surface area contributed by atoms with Gasteiger partial charge >= 0.3 is 0 Å². The van der Waals surface area contributed by atoms with Gasteiger partial charge in [-0.15, -0.1) is 24.0 Å². The molecule has 27 heavy (non-hydrogen) atoms. The van der Waals surface area contributed by atoms with Crippen LogP contribution in [-0.4, -0.2) is 45.7 Å². The van der Waals surface area contributed by atoms with Crippen LogP contribution in [0, 0.1) is 0 Å². The summed E-state index contributed by atoms with van der Waals surface area (Å²) in [5, 5.41) is 4.08. The lowest BCUT2D eigenvalue weighted by molar-refractivity contribution is 0.479. The summed E-state index contributed by atoms with van der Waals surface area (Å²) < 4.78 is 24.6. The Morgan fingerprint density at radius 3 is 2.37 bits per heavy atom. The second-order valence-corrected chi connectivity index (χ2v) is 8.63. The van der Waals surface area contributed by atoms with Gasteiger partial charge in [0, 0.05) is 27.2 Å². The molecule has 5 nitrogen and oxygen atoms in total. The second kappa shape index (κ2) is 11.1. The summed E-state index contributed by atoms with van der Waals surface area (Å²) in [6, 6.07) is 13.8. The van der Waals surface area contributed by atoms with E-state index in [4.69, 9.17) is 23.2 Å². The van der Waals surface area contributed by atoms with Crippen LogP contribution < -0.4 is 5.32 Å². The van der Waals surface area contributed by atoms with Gasteiger partial charge in [0.25, 0.3) is 0 Å². The number of nitrogens with one attached hydrogen (secondary N) is 1. The van der Waals surface area contributed by atoms with Crippen molar-refractivity contribution >= 4 is 63.0 Å². The molecule has 0 saturated heterocycles. The summed E-state index contributed by atoms with van der Waals surface area (Å²) in [5.41, 5.74) is 0.974. The van der Waals surface area contributed by atoms with Gasteiger partial charge in [-0.05, 0) is 29.8 Å². The van der Waals surface area contributed by atoms with Gasteiger partial charge in [0.1, 0.15) is 0 Å². The molecule has 0 aromatic heterocycles. The van der Waals surface area contributed by atoms with E-state index in [2.05, 4.69) is 10.3 Å². The van der Waals surface area contributed by atoms with Crippen molar-refractivity contribution in [1.82, 2.24) is 10.2 Å². The molecule has 0 spiro atoms. The highest BCUT2D eigenvalue weighted by molar-refractivity contribution is 14.0. The molecule has 0 atom stereocenters. The largest absolute Gasteiger partial charge is 0.355 e. The topological polar surface area (TPSA) is 61.8 Å². The molecular formula is C18H22Cl2IN3O2S. The third kappa shape index (κ3) is 7.14. The van der Waals surface area contributed by atoms with Crippen molar-refractivity contribution in [3.8, 4) is 0 Å². The highest BCUT2D eigenvalue weighted by atomic mass is 127. The van der Waals surface area contributed by atoms with Crippen LogP contribution in [0.2, 0.25) is 10.0 Å². The zero-order chi connectivity index (χ0) is 19.2. The molecule has 148 valence electrons. The lowest BCUT2D eigenvalue weighted by atomic mass is 10.2. The van der Waals surface area contributed by atoms with E-state index in [1.54, 1.807) is 49.5 Å². The van der Waals surface area contributed by atoms with E-state index in [1.807, 2.05) is 18.0 Å². The highest BCUT2D eigenvalue weighted by Crippen LogP contribution is 2.23. The van der Waals surface area contributed by atoms with Gasteiger partial charge in [0.15, 0.2) is 15.8 Å². The average Bonchev–Trinajstić information content (AvgIpc) is 2.62. The zero-order valence-electron chi connectivity index (χ0n) is 15.0. The maximum absolute atomic E-state index is 12.3. The predicted octanol–water partition coefficient (Wildman–Crippen LogP) is 4.09. The van der Waals surface area contributed by atoms with Crippen molar-refractivity contribution in [2.24, 2.45) is 4.99 Å². The first-order chi connectivity index (χ1) is 12.3. The van der Waals surface area contributed by atoms with Gasteiger partial charge in [-0.25, -0.2) is 8.42 Å². The number of hydrogen-bond donors (Lipinski definition) is 1. The molecule has 2 rings (SSSR count). The van der Waals surface area contributed by atoms with Crippen LogP contribution in [0.4, 0.5) is 0 Å². The molecular weight excluding hydrogens is 520 g/mol. The monoisotopic (exact) mass is 541 g/mol. The molecule has 0 amide bonds. The van der Waals surface area contributed by atoms with Gasteiger partial charge in [0.05, 0.1) is 20.7 Å². The maximum Gasteiger partial charge on any atom is 0.193 e. The first-order valence-electron chi connectivity index (χ1n) is 7.97. The molecule has 0 aliphatic carbocycles. The Balaban J connectivity index is 0.00000364. The smallest absolute Gasteiger partial charge is 0.193 e. The minimum Gasteiger partial charge on any atom is -0.355 e. The Kier molecular flexibility index (Phi) is 9.86. The van der Waals surface area contributed by atoms with Crippen molar-refractivity contribution in [1.29, 1.82) is 0 Å². The third-order valence-electron chi connectivity index (χ3n) is 3.73. The normalized spacial score (nSPS) is 11.6. The third-order valence-corrected chi connectivity index (χ3v) is 6.20. The molecule has 2 aromatic rings. The van der Waals surface area contributed by atoms with Crippen molar-refractivity contribution in [2.75, 3.05) is 26.4 Å². The first-order valence-corrected chi connectivity index (χ1v) is 10.4. The summed E-state index contributed by atoms with van der Waals surface area (Å²) >= 11 is 12.0. The van der Waals surface area contributed by atoms with E-state index >= 15 is 0 Å². The van der Waals surface area contributed by atoms with Crippen LogP contribution in [-0.2, 0) is 16.4 Å². The summed E-state index contributed by atoms with van der Waals surface area (Å²) in [7, 11) is 0.190. The lowest BCUT2D eigenvalue weighted by Gasteiger charge is -2.22. The van der Waals surface area contributed by atoms with Crippen molar-refractivity contribution in [3.05, 3.63) is 64.1 Å². The average molecular weight is 542 g/mol. The van der Waals surface area contributed by atoms with E-state index in [0.29, 0.717) is 27.4 Å². The van der Waals surface area contributed by atoms with E-state index in [9.17, 15) is 8.42 Å². The van der Waals surface area contributed by atoms with Crippen LogP contribution in [0.5, 0.6) is 0 Å². The number of sulfone groups is 1. The number of benzene rings is 2. The Morgan fingerprint density at radius 1 is 1.11 bits per heavy atom. The number of rotatable bonds is 6. The van der Waals surface area contributed by atoms with E-state index in [-0.39, 0.29) is 36.3 Å². The van der Waals surface area contributed by atoms with E-state index in [1.165, 1.54) is 0 Å². The SMILES string of the molecule is CN=C(NCCS(=O)(=O)c1ccccc1)N(C)Cc1ccc(Cl)c(Cl)c1.I. The van der Waals surface area contributed by atoms with Crippen LogP contribution >= 0.6 is 47.2 Å². The summed E-state index contributed by atoms with van der Waals surface area (Å²) in [6.45, 7) is 0.817. The summed E-state index contributed by atoms with van der Waals surface area (Å²) in [5.74, 6) is 0.579. The molecule has 2 aromatic carbocycles. The number of halogens is 3. The Bertz CT molecular complexity index is 877. The molecule has 0 aliphatic heterocycles. The minimum atomic E-state index is -3.33. The van der Waals surface area contributed by atoms with Crippen LogP contribution in [0.15, 0.2) is 58.4 Å². The van der Waals surface area contributed by atoms with Crippen LogP contribution in [0.25, 0.3) is 0 Å². The molecule has 0 saturated carbocycles. The van der Waals surface area contributed by atoms with E-state index in [0.717, 1.165) is 5.56 Å². The zero-order valence-corrected chi connectivity index (χ0v) is 19.7. The van der Waals surface area contributed by atoms with Crippen LogP contribution in [0.3, 0.4) is 0 Å². The van der Waals surface area contributed by atoms with Crippen LogP contribution in [0.1, 0.15) is 5.56 Å². The number of hydrogen-bond acceptors (Lipinski definition) is 3. The Labute approximate surface area is 187 Å². The highest BCUT2D eigenvalue weighted by Gasteiger charge is 2.14. The molecule has 0 unspecified atom stereocenters. The Hall–Kier alpha value is -1.03. The quantitative estimate of drug-likeness (QED) is 0.340. The van der Waals surface area contributed by atoms with Crippen molar-refractivity contribution < 1.29 is 8.42 Å².